The van der Waals surface area contributed by atoms with Crippen LogP contribution in [0.4, 0.5) is 41.1 Å². The minimum atomic E-state index is -1.71. The van der Waals surface area contributed by atoms with Crippen LogP contribution in [-0.4, -0.2) is 108 Å². The number of aliphatic hydroxyl groups is 1. The molecule has 1 unspecified atom stereocenters. The molecule has 2 fully saturated rings. The van der Waals surface area contributed by atoms with Gasteiger partial charge in [-0.1, -0.05) is 36.4 Å². The van der Waals surface area contributed by atoms with Crippen molar-refractivity contribution in [3.8, 4) is 0 Å². The summed E-state index contributed by atoms with van der Waals surface area (Å²) in [5.74, 6) is -2.40. The Bertz CT molecular complexity index is 2490. The number of piperazine rings is 2. The second kappa shape index (κ2) is 20.5. The molecule has 4 amide bonds. The van der Waals surface area contributed by atoms with Crippen molar-refractivity contribution in [1.29, 1.82) is 0 Å². The fourth-order valence-corrected chi connectivity index (χ4v) is 8.45. The first-order chi connectivity index (χ1) is 30.6. The predicted molar refractivity (Wildman–Crippen MR) is 248 cm³/mol. The molecule has 4 aliphatic heterocycles. The Morgan fingerprint density at radius 3 is 1.48 bits per heavy atom. The zero-order chi connectivity index (χ0) is 47.0. The van der Waals surface area contributed by atoms with E-state index in [1.807, 2.05) is 64.6 Å². The van der Waals surface area contributed by atoms with Gasteiger partial charge in [-0.05, 0) is 108 Å². The third-order valence-corrected chi connectivity index (χ3v) is 11.4. The Labute approximate surface area is 403 Å². The van der Waals surface area contributed by atoms with Gasteiger partial charge in [0.05, 0.1) is 35.7 Å². The Hall–Kier alpha value is -5.95. The summed E-state index contributed by atoms with van der Waals surface area (Å²) in [5.41, 5.74) is 1.89. The first-order valence-electron chi connectivity index (χ1n) is 21.7. The molecular formula is C50H59F2LiN6O8. The van der Waals surface area contributed by atoms with Crippen molar-refractivity contribution in [3.05, 3.63) is 126 Å². The standard InChI is InChI=1S/C25H30FN3O4.C24H26FN3O4.CH3.Li/c1-24(2,3)33-23(31)28-13-11-27(12-14-28)19-9-6-10-20-21(19)25(4,32)22(30)29(20)16-17-7-5-8-18(26)15-17;1-24(2,3)32-23(31)27-12-10-26(11-13-27)18-8-5-9-19-20(18)21(29)22(30)28(19)15-16-6-4-7-17(25)14-16;;/h5-10,15,32H,11-14,16H2,1-4H3;4-9,14H,10-13,15H2,1-3H3;1H3;/q;;-1;+1. The van der Waals surface area contributed by atoms with Gasteiger partial charge >= 0.3 is 31.0 Å². The molecule has 0 spiro atoms. The fourth-order valence-electron chi connectivity index (χ4n) is 8.45. The van der Waals surface area contributed by atoms with Gasteiger partial charge in [0.25, 0.3) is 17.6 Å². The summed E-state index contributed by atoms with van der Waals surface area (Å²) in [6.45, 7) is 16.7. The average molecular weight is 917 g/mol. The summed E-state index contributed by atoms with van der Waals surface area (Å²) in [5, 5.41) is 11.2. The van der Waals surface area contributed by atoms with Crippen LogP contribution in [0.25, 0.3) is 0 Å². The Balaban J connectivity index is 0.000000244. The van der Waals surface area contributed by atoms with Crippen molar-refractivity contribution in [2.45, 2.75) is 78.4 Å². The first-order valence-corrected chi connectivity index (χ1v) is 21.7. The minimum Gasteiger partial charge on any atom is -0.444 e. The van der Waals surface area contributed by atoms with Gasteiger partial charge in [0.2, 0.25) is 0 Å². The Morgan fingerprint density at radius 2 is 1.01 bits per heavy atom. The normalized spacial score (nSPS) is 18.1. The van der Waals surface area contributed by atoms with E-state index in [2.05, 4.69) is 4.90 Å². The zero-order valence-corrected chi connectivity index (χ0v) is 39.9. The molecule has 4 aromatic carbocycles. The van der Waals surface area contributed by atoms with Crippen LogP contribution in [0, 0.1) is 19.1 Å². The molecule has 14 nitrogen and oxygen atoms in total. The summed E-state index contributed by atoms with van der Waals surface area (Å²) in [4.78, 5) is 73.8. The summed E-state index contributed by atoms with van der Waals surface area (Å²) in [7, 11) is 0. The van der Waals surface area contributed by atoms with E-state index in [-0.39, 0.29) is 57.4 Å². The molecule has 17 heteroatoms. The number of halogens is 2. The largest absolute Gasteiger partial charge is 1.00 e. The maximum atomic E-state index is 13.7. The van der Waals surface area contributed by atoms with Crippen LogP contribution >= 0.6 is 0 Å². The monoisotopic (exact) mass is 916 g/mol. The van der Waals surface area contributed by atoms with E-state index >= 15 is 0 Å². The quantitative estimate of drug-likeness (QED) is 0.164. The maximum Gasteiger partial charge on any atom is 1.00 e. The van der Waals surface area contributed by atoms with Crippen molar-refractivity contribution in [1.82, 2.24) is 9.80 Å². The van der Waals surface area contributed by atoms with Crippen LogP contribution in [0.1, 0.15) is 75.5 Å². The number of carbonyl (C=O) groups excluding carboxylic acids is 5. The van der Waals surface area contributed by atoms with E-state index < -0.39 is 40.2 Å². The molecule has 1 N–H and O–H groups in total. The number of carbonyl (C=O) groups is 5. The van der Waals surface area contributed by atoms with Crippen LogP contribution < -0.4 is 38.5 Å². The number of fused-ring (bicyclic) bond motifs is 2. The molecular weight excluding hydrogens is 858 g/mol. The molecule has 67 heavy (non-hydrogen) atoms. The van der Waals surface area contributed by atoms with Gasteiger partial charge in [-0.25, -0.2) is 18.4 Å². The molecule has 2 saturated heterocycles. The van der Waals surface area contributed by atoms with Gasteiger partial charge in [-0.2, -0.15) is 0 Å². The third kappa shape index (κ3) is 11.6. The molecule has 4 aromatic rings. The summed E-state index contributed by atoms with van der Waals surface area (Å²) in [6.07, 6.45) is -0.702. The number of anilines is 4. The van der Waals surface area contributed by atoms with E-state index in [4.69, 9.17) is 9.47 Å². The first kappa shape index (κ1) is 52.0. The van der Waals surface area contributed by atoms with Gasteiger partial charge in [0, 0.05) is 63.6 Å². The molecule has 4 aliphatic rings. The number of nitrogens with zero attached hydrogens (tertiary/aromatic N) is 6. The van der Waals surface area contributed by atoms with Crippen molar-refractivity contribution in [2.24, 2.45) is 0 Å². The Kier molecular flexibility index (Phi) is 15.9. The number of benzene rings is 4. The third-order valence-electron chi connectivity index (χ3n) is 11.4. The van der Waals surface area contributed by atoms with E-state index in [1.165, 1.54) is 41.0 Å². The van der Waals surface area contributed by atoms with Crippen molar-refractivity contribution in [3.63, 3.8) is 0 Å². The fraction of sp³-hybridized carbons (Fsp3) is 0.400. The SMILES string of the molecule is CC(C)(C)OC(=O)N1CCN(c2cccc3c2C(=O)C(=O)N3Cc2cccc(F)c2)CC1.CC(C)(C)OC(=O)N1CCN(c2cccc3c2C(C)(O)C(=O)N3Cc2cccc(F)c2)CC1.[CH3-].[Li+]. The number of hydrogen-bond donors (Lipinski definition) is 1. The van der Waals surface area contributed by atoms with E-state index in [0.717, 1.165) is 5.69 Å². The van der Waals surface area contributed by atoms with Crippen molar-refractivity contribution >= 4 is 52.5 Å². The predicted octanol–water partition coefficient (Wildman–Crippen LogP) is 4.70. The number of hydrogen-bond acceptors (Lipinski definition) is 10. The number of rotatable bonds is 6. The van der Waals surface area contributed by atoms with Crippen LogP contribution in [0.5, 0.6) is 0 Å². The zero-order valence-electron chi connectivity index (χ0n) is 39.9. The van der Waals surface area contributed by atoms with Crippen LogP contribution in [0.15, 0.2) is 84.9 Å². The van der Waals surface area contributed by atoms with E-state index in [1.54, 1.807) is 52.3 Å². The van der Waals surface area contributed by atoms with E-state index in [9.17, 15) is 37.9 Å². The topological polar surface area (TPSA) is 143 Å². The molecule has 0 radical (unpaired) electrons. The minimum absolute atomic E-state index is 0. The number of ketones is 1. The van der Waals surface area contributed by atoms with Gasteiger partial charge in [0.1, 0.15) is 22.8 Å². The van der Waals surface area contributed by atoms with Crippen LogP contribution in [0.3, 0.4) is 0 Å². The van der Waals surface area contributed by atoms with Crippen molar-refractivity contribution < 1.29 is 66.2 Å². The summed E-state index contributed by atoms with van der Waals surface area (Å²) in [6, 6.07) is 23.0. The number of Topliss-reactive ketones (excluding diaryl/α,β-unsaturated/α-hetero) is 1. The Morgan fingerprint density at radius 1 is 0.612 bits per heavy atom. The molecule has 0 aromatic heterocycles. The second-order valence-corrected chi connectivity index (χ2v) is 18.7. The smallest absolute Gasteiger partial charge is 0.444 e. The average Bonchev–Trinajstić information content (AvgIpc) is 3.60. The summed E-state index contributed by atoms with van der Waals surface area (Å²) < 4.78 is 38.2. The number of amides is 4. The second-order valence-electron chi connectivity index (χ2n) is 18.7. The molecule has 4 heterocycles. The molecule has 1 atom stereocenters. The van der Waals surface area contributed by atoms with Crippen molar-refractivity contribution in [2.75, 3.05) is 72.0 Å². The summed E-state index contributed by atoms with van der Waals surface area (Å²) >= 11 is 0. The van der Waals surface area contributed by atoms with Crippen LogP contribution in [-0.2, 0) is 37.8 Å². The maximum absolute atomic E-state index is 13.7. The molecule has 0 saturated carbocycles. The molecule has 8 rings (SSSR count). The molecule has 0 bridgehead atoms. The van der Waals surface area contributed by atoms with Gasteiger partial charge < -0.3 is 51.4 Å². The molecule has 0 aliphatic carbocycles. The molecule has 352 valence electrons. The van der Waals surface area contributed by atoms with Gasteiger partial charge in [-0.3, -0.25) is 14.4 Å². The van der Waals surface area contributed by atoms with Gasteiger partial charge in [0.15, 0.2) is 5.60 Å². The number of ether oxygens (including phenoxy) is 2. The van der Waals surface area contributed by atoms with Crippen LogP contribution in [0.2, 0.25) is 0 Å². The van der Waals surface area contributed by atoms with E-state index in [0.29, 0.717) is 91.7 Å². The van der Waals surface area contributed by atoms with Gasteiger partial charge in [-0.15, -0.1) is 0 Å².